The van der Waals surface area contributed by atoms with Crippen molar-refractivity contribution in [1.82, 2.24) is 19.9 Å². The van der Waals surface area contributed by atoms with Gasteiger partial charge in [-0.05, 0) is 19.8 Å². The smallest absolute Gasteiger partial charge is 0.323 e. The van der Waals surface area contributed by atoms with Gasteiger partial charge in [-0.2, -0.15) is 0 Å². The molecule has 0 radical (unpaired) electrons. The highest BCUT2D eigenvalue weighted by atomic mass is 16.5. The van der Waals surface area contributed by atoms with Crippen molar-refractivity contribution in [3.05, 3.63) is 42.7 Å². The van der Waals surface area contributed by atoms with Gasteiger partial charge in [-0.15, -0.1) is 0 Å². The highest BCUT2D eigenvalue weighted by molar-refractivity contribution is 5.95. The monoisotopic (exact) mass is 393 g/mol. The Morgan fingerprint density at radius 2 is 1.86 bits per heavy atom. The van der Waals surface area contributed by atoms with Crippen LogP contribution in [0, 0.1) is 0 Å². The van der Waals surface area contributed by atoms with Crippen LogP contribution >= 0.6 is 0 Å². The molecule has 1 aromatic carbocycles. The minimum absolute atomic E-state index is 0.259. The number of rotatable bonds is 3. The largest absolute Gasteiger partial charge is 0.493 e. The zero-order valence-corrected chi connectivity index (χ0v) is 16.4. The quantitative estimate of drug-likeness (QED) is 0.709. The summed E-state index contributed by atoms with van der Waals surface area (Å²) in [6, 6.07) is 9.46. The van der Waals surface area contributed by atoms with E-state index in [1.807, 2.05) is 30.3 Å². The van der Waals surface area contributed by atoms with Gasteiger partial charge in [0, 0.05) is 18.7 Å². The number of aliphatic hydroxyl groups is 1. The Morgan fingerprint density at radius 1 is 1.14 bits per heavy atom. The molecular formula is C21H23N5O3. The number of urea groups is 1. The van der Waals surface area contributed by atoms with Gasteiger partial charge in [0.1, 0.15) is 11.0 Å². The SMILES string of the molecule is COc1cnc(-c2ccccc2)c2ncc(NC(=O)N3CCC(C)(O)CC3)nc12. The van der Waals surface area contributed by atoms with Crippen LogP contribution in [0.2, 0.25) is 0 Å². The van der Waals surface area contributed by atoms with Crippen LogP contribution in [0.1, 0.15) is 19.8 Å². The maximum absolute atomic E-state index is 12.6. The van der Waals surface area contributed by atoms with Crippen molar-refractivity contribution in [1.29, 1.82) is 0 Å². The van der Waals surface area contributed by atoms with Gasteiger partial charge in [-0.25, -0.2) is 19.7 Å². The number of hydrogen-bond donors (Lipinski definition) is 2. The molecule has 0 unspecified atom stereocenters. The maximum atomic E-state index is 12.6. The fraction of sp³-hybridized carbons (Fsp3) is 0.333. The average molecular weight is 393 g/mol. The van der Waals surface area contributed by atoms with E-state index in [-0.39, 0.29) is 6.03 Å². The lowest BCUT2D eigenvalue weighted by atomic mass is 9.94. The van der Waals surface area contributed by atoms with E-state index >= 15 is 0 Å². The first kappa shape index (κ1) is 19.1. The third-order valence-corrected chi connectivity index (χ3v) is 5.17. The molecule has 1 saturated heterocycles. The number of aromatic nitrogens is 3. The maximum Gasteiger partial charge on any atom is 0.323 e. The molecular weight excluding hydrogens is 370 g/mol. The molecule has 2 aromatic heterocycles. The van der Waals surface area contributed by atoms with Gasteiger partial charge in [0.15, 0.2) is 11.6 Å². The minimum atomic E-state index is -0.715. The molecule has 1 fully saturated rings. The summed E-state index contributed by atoms with van der Waals surface area (Å²) in [6.07, 6.45) is 4.22. The first-order chi connectivity index (χ1) is 14.0. The average Bonchev–Trinajstić information content (AvgIpc) is 2.73. The Balaban J connectivity index is 1.63. The standard InChI is InChI=1S/C21H23N5O3/c1-21(28)8-10-26(11-9-21)20(27)25-16-13-23-19-17(14-6-4-3-5-7-14)22-12-15(29-2)18(19)24-16/h3-7,12-13,28H,8-11H2,1-2H3,(H,24,25,27). The number of amides is 2. The van der Waals surface area contributed by atoms with Gasteiger partial charge < -0.3 is 14.7 Å². The molecule has 3 heterocycles. The number of likely N-dealkylation sites (tertiary alicyclic amines) is 1. The summed E-state index contributed by atoms with van der Waals surface area (Å²) in [5.74, 6) is 0.820. The second kappa shape index (κ2) is 7.63. The minimum Gasteiger partial charge on any atom is -0.493 e. The van der Waals surface area contributed by atoms with Crippen LogP contribution < -0.4 is 10.1 Å². The molecule has 2 amide bonds. The lowest BCUT2D eigenvalue weighted by molar-refractivity contribution is 0.00569. The van der Waals surface area contributed by atoms with Gasteiger partial charge in [0.2, 0.25) is 0 Å². The first-order valence-electron chi connectivity index (χ1n) is 9.50. The predicted molar refractivity (Wildman–Crippen MR) is 110 cm³/mol. The van der Waals surface area contributed by atoms with E-state index in [9.17, 15) is 9.90 Å². The van der Waals surface area contributed by atoms with Crippen LogP contribution in [0.4, 0.5) is 10.6 Å². The Labute approximate surface area is 168 Å². The van der Waals surface area contributed by atoms with Crippen LogP contribution in [0.15, 0.2) is 42.7 Å². The highest BCUT2D eigenvalue weighted by Crippen LogP contribution is 2.30. The Hall–Kier alpha value is -3.26. The number of carbonyl (C=O) groups is 1. The number of hydrogen-bond acceptors (Lipinski definition) is 6. The molecule has 8 heteroatoms. The van der Waals surface area contributed by atoms with Crippen LogP contribution in [-0.4, -0.2) is 56.8 Å². The second-order valence-corrected chi connectivity index (χ2v) is 7.41. The van der Waals surface area contributed by atoms with Gasteiger partial charge in [0.25, 0.3) is 0 Å². The van der Waals surface area contributed by atoms with Crippen LogP contribution in [-0.2, 0) is 0 Å². The number of piperidine rings is 1. The highest BCUT2D eigenvalue weighted by Gasteiger charge is 2.29. The zero-order valence-electron chi connectivity index (χ0n) is 16.4. The first-order valence-corrected chi connectivity index (χ1v) is 9.50. The molecule has 3 aromatic rings. The number of methoxy groups -OCH3 is 1. The molecule has 0 spiro atoms. The zero-order chi connectivity index (χ0) is 20.4. The van der Waals surface area contributed by atoms with Crippen LogP contribution in [0.5, 0.6) is 5.75 Å². The summed E-state index contributed by atoms with van der Waals surface area (Å²) in [5, 5.41) is 12.9. The number of anilines is 1. The van der Waals surface area contributed by atoms with Crippen molar-refractivity contribution in [2.24, 2.45) is 0 Å². The summed E-state index contributed by atoms with van der Waals surface area (Å²) in [5.41, 5.74) is 2.04. The fourth-order valence-electron chi connectivity index (χ4n) is 3.38. The van der Waals surface area contributed by atoms with E-state index in [0.29, 0.717) is 54.2 Å². The van der Waals surface area contributed by atoms with Crippen molar-refractivity contribution in [3.8, 4) is 17.0 Å². The van der Waals surface area contributed by atoms with Crippen molar-refractivity contribution < 1.29 is 14.6 Å². The van der Waals surface area contributed by atoms with E-state index in [0.717, 1.165) is 5.56 Å². The van der Waals surface area contributed by atoms with Gasteiger partial charge >= 0.3 is 6.03 Å². The normalized spacial score (nSPS) is 15.9. The summed E-state index contributed by atoms with van der Waals surface area (Å²) >= 11 is 0. The number of nitrogens with one attached hydrogen (secondary N) is 1. The predicted octanol–water partition coefficient (Wildman–Crippen LogP) is 3.08. The molecule has 0 atom stereocenters. The molecule has 29 heavy (non-hydrogen) atoms. The summed E-state index contributed by atoms with van der Waals surface area (Å²) in [6.45, 7) is 2.78. The lowest BCUT2D eigenvalue weighted by Gasteiger charge is -2.35. The van der Waals surface area contributed by atoms with E-state index in [1.54, 1.807) is 25.1 Å². The van der Waals surface area contributed by atoms with Gasteiger partial charge in [-0.3, -0.25) is 5.32 Å². The van der Waals surface area contributed by atoms with Crippen molar-refractivity contribution in [3.63, 3.8) is 0 Å². The summed E-state index contributed by atoms with van der Waals surface area (Å²) in [4.78, 5) is 27.8. The number of benzene rings is 1. The van der Waals surface area contributed by atoms with E-state index in [1.165, 1.54) is 6.20 Å². The van der Waals surface area contributed by atoms with Crippen LogP contribution in [0.3, 0.4) is 0 Å². The Morgan fingerprint density at radius 3 is 2.55 bits per heavy atom. The number of fused-ring (bicyclic) bond motifs is 1. The molecule has 0 saturated carbocycles. The van der Waals surface area contributed by atoms with E-state index < -0.39 is 5.60 Å². The second-order valence-electron chi connectivity index (χ2n) is 7.41. The topological polar surface area (TPSA) is 100 Å². The fourth-order valence-corrected chi connectivity index (χ4v) is 3.38. The number of nitrogens with zero attached hydrogens (tertiary/aromatic N) is 4. The molecule has 2 N–H and O–H groups in total. The molecule has 1 aliphatic heterocycles. The number of carbonyl (C=O) groups excluding carboxylic acids is 1. The molecule has 4 rings (SSSR count). The summed E-state index contributed by atoms with van der Waals surface area (Å²) < 4.78 is 5.40. The van der Waals surface area contributed by atoms with Gasteiger partial charge in [-0.1, -0.05) is 30.3 Å². The Kier molecular flexibility index (Phi) is 5.02. The third kappa shape index (κ3) is 3.97. The van der Waals surface area contributed by atoms with Crippen molar-refractivity contribution in [2.45, 2.75) is 25.4 Å². The van der Waals surface area contributed by atoms with Crippen molar-refractivity contribution in [2.75, 3.05) is 25.5 Å². The van der Waals surface area contributed by atoms with E-state index in [4.69, 9.17) is 4.74 Å². The van der Waals surface area contributed by atoms with Gasteiger partial charge in [0.05, 0.1) is 30.8 Å². The molecule has 8 nitrogen and oxygen atoms in total. The number of pyridine rings is 1. The van der Waals surface area contributed by atoms with Crippen molar-refractivity contribution >= 4 is 22.9 Å². The number of ether oxygens (including phenoxy) is 1. The Bertz CT molecular complexity index is 1030. The molecule has 150 valence electrons. The molecule has 0 aliphatic carbocycles. The summed E-state index contributed by atoms with van der Waals surface area (Å²) in [7, 11) is 1.55. The lowest BCUT2D eigenvalue weighted by Crippen LogP contribution is -2.46. The van der Waals surface area contributed by atoms with Crippen LogP contribution in [0.25, 0.3) is 22.3 Å². The van der Waals surface area contributed by atoms with E-state index in [2.05, 4.69) is 20.3 Å². The third-order valence-electron chi connectivity index (χ3n) is 5.17. The molecule has 1 aliphatic rings. The molecule has 0 bridgehead atoms.